The topological polar surface area (TPSA) is 102 Å². The zero-order chi connectivity index (χ0) is 23.2. The third-order valence-electron chi connectivity index (χ3n) is 5.43. The molecule has 0 spiro atoms. The summed E-state index contributed by atoms with van der Waals surface area (Å²) in [4.78, 5) is 21.7. The smallest absolute Gasteiger partial charge is 0.263 e. The van der Waals surface area contributed by atoms with E-state index in [1.54, 1.807) is 18.3 Å². The van der Waals surface area contributed by atoms with E-state index in [4.69, 9.17) is 4.42 Å². The second-order valence-electron chi connectivity index (χ2n) is 8.76. The molecule has 2 heterocycles. The van der Waals surface area contributed by atoms with Gasteiger partial charge in [-0.2, -0.15) is 0 Å². The number of anilines is 1. The highest BCUT2D eigenvalue weighted by molar-refractivity contribution is 7.93. The van der Waals surface area contributed by atoms with E-state index in [-0.39, 0.29) is 21.2 Å². The first-order chi connectivity index (χ1) is 15.7. The minimum atomic E-state index is -3.86. The van der Waals surface area contributed by atoms with Crippen molar-refractivity contribution in [2.75, 3.05) is 4.72 Å². The molecule has 1 N–H and O–H groups in total. The number of hydrogen-bond acceptors (Lipinski definition) is 7. The molecular formula is C24H21N3O4S2. The first-order valence-corrected chi connectivity index (χ1v) is 12.7. The van der Waals surface area contributed by atoms with Crippen LogP contribution in [0.5, 0.6) is 0 Å². The lowest BCUT2D eigenvalue weighted by atomic mass is 9.78. The number of ketones is 1. The van der Waals surface area contributed by atoms with Crippen LogP contribution >= 0.6 is 11.3 Å². The molecule has 0 saturated carbocycles. The van der Waals surface area contributed by atoms with E-state index >= 15 is 0 Å². The molecule has 1 aliphatic rings. The van der Waals surface area contributed by atoms with Crippen LogP contribution in [0.25, 0.3) is 22.8 Å². The SMILES string of the molecule is CC1(C)CC(=O)c2sc(NS(=O)(=O)c3ccc(-c4ncc(-c5ccccc5)o4)cc3)nc2C1. The lowest BCUT2D eigenvalue weighted by molar-refractivity contribution is 0.0916. The summed E-state index contributed by atoms with van der Waals surface area (Å²) in [6, 6.07) is 15.9. The molecule has 1 aliphatic carbocycles. The zero-order valence-corrected chi connectivity index (χ0v) is 19.7. The molecule has 0 saturated heterocycles. The second kappa shape index (κ2) is 7.93. The molecule has 0 amide bonds. The summed E-state index contributed by atoms with van der Waals surface area (Å²) in [5.41, 5.74) is 2.05. The van der Waals surface area contributed by atoms with E-state index in [0.717, 1.165) is 16.9 Å². The van der Waals surface area contributed by atoms with E-state index < -0.39 is 10.0 Å². The number of hydrogen-bond donors (Lipinski definition) is 1. The van der Waals surface area contributed by atoms with Crippen molar-refractivity contribution in [2.45, 2.75) is 31.6 Å². The number of sulfonamides is 1. The van der Waals surface area contributed by atoms with Crippen LogP contribution in [0.15, 0.2) is 70.1 Å². The highest BCUT2D eigenvalue weighted by atomic mass is 32.2. The highest BCUT2D eigenvalue weighted by Gasteiger charge is 2.34. The van der Waals surface area contributed by atoms with Gasteiger partial charge >= 0.3 is 0 Å². The molecule has 0 fully saturated rings. The quantitative estimate of drug-likeness (QED) is 0.410. The molecule has 2 aromatic heterocycles. The maximum atomic E-state index is 12.9. The Morgan fingerprint density at radius 2 is 1.73 bits per heavy atom. The largest absolute Gasteiger partial charge is 0.436 e. The predicted molar refractivity (Wildman–Crippen MR) is 127 cm³/mol. The number of benzene rings is 2. The standard InChI is InChI=1S/C24H21N3O4S2/c1-24(2)12-18-21(19(28)13-24)32-23(26-18)27-33(29,30)17-10-8-16(9-11-17)22-25-14-20(31-22)15-6-4-3-5-7-15/h3-11,14H,12-13H2,1-2H3,(H,26,27). The van der Waals surface area contributed by atoms with Crippen molar-refractivity contribution in [3.63, 3.8) is 0 Å². The third kappa shape index (κ3) is 4.34. The summed E-state index contributed by atoms with van der Waals surface area (Å²) in [5, 5.41) is 0.204. The van der Waals surface area contributed by atoms with Crippen LogP contribution in [0.1, 0.15) is 35.6 Å². The molecule has 0 bridgehead atoms. The number of rotatable bonds is 5. The van der Waals surface area contributed by atoms with Crippen LogP contribution in [0.4, 0.5) is 5.13 Å². The lowest BCUT2D eigenvalue weighted by Gasteiger charge is -2.26. The molecule has 0 unspecified atom stereocenters. The normalized spacial score (nSPS) is 15.3. The van der Waals surface area contributed by atoms with Gasteiger partial charge in [0, 0.05) is 17.5 Å². The van der Waals surface area contributed by atoms with Crippen LogP contribution in [-0.2, 0) is 16.4 Å². The van der Waals surface area contributed by atoms with Gasteiger partial charge in [0.1, 0.15) is 0 Å². The van der Waals surface area contributed by atoms with Crippen LogP contribution in [-0.4, -0.2) is 24.2 Å². The zero-order valence-electron chi connectivity index (χ0n) is 18.0. The van der Waals surface area contributed by atoms with Crippen molar-refractivity contribution in [1.82, 2.24) is 9.97 Å². The first-order valence-electron chi connectivity index (χ1n) is 10.4. The number of thiazole rings is 1. The van der Waals surface area contributed by atoms with Crippen molar-refractivity contribution in [2.24, 2.45) is 5.41 Å². The molecule has 0 aliphatic heterocycles. The number of carbonyl (C=O) groups is 1. The highest BCUT2D eigenvalue weighted by Crippen LogP contribution is 2.38. The van der Waals surface area contributed by atoms with Gasteiger partial charge in [0.2, 0.25) is 5.89 Å². The third-order valence-corrected chi connectivity index (χ3v) is 7.97. The average Bonchev–Trinajstić information content (AvgIpc) is 3.41. The number of carbonyl (C=O) groups excluding carboxylic acids is 1. The van der Waals surface area contributed by atoms with Gasteiger partial charge in [-0.3, -0.25) is 9.52 Å². The lowest BCUT2D eigenvalue weighted by Crippen LogP contribution is -2.26. The van der Waals surface area contributed by atoms with E-state index in [9.17, 15) is 13.2 Å². The predicted octanol–water partition coefficient (Wildman–Crippen LogP) is 5.42. The fourth-order valence-corrected chi connectivity index (χ4v) is 6.01. The summed E-state index contributed by atoms with van der Waals surface area (Å²) >= 11 is 1.09. The molecule has 2 aromatic carbocycles. The summed E-state index contributed by atoms with van der Waals surface area (Å²) in [6.07, 6.45) is 2.72. The monoisotopic (exact) mass is 479 g/mol. The van der Waals surface area contributed by atoms with Crippen molar-refractivity contribution in [3.05, 3.63) is 71.4 Å². The Hall–Kier alpha value is -3.30. The molecule has 0 radical (unpaired) electrons. The minimum absolute atomic E-state index is 0.00868. The molecule has 0 atom stereocenters. The fourth-order valence-electron chi connectivity index (χ4n) is 3.86. The van der Waals surface area contributed by atoms with Gasteiger partial charge in [-0.15, -0.1) is 0 Å². The van der Waals surface area contributed by atoms with Gasteiger partial charge in [0.05, 0.1) is 21.7 Å². The minimum Gasteiger partial charge on any atom is -0.436 e. The van der Waals surface area contributed by atoms with Gasteiger partial charge in [-0.05, 0) is 36.1 Å². The number of nitrogens with one attached hydrogen (secondary N) is 1. The van der Waals surface area contributed by atoms with Gasteiger partial charge < -0.3 is 4.42 Å². The van der Waals surface area contributed by atoms with E-state index in [0.29, 0.717) is 40.6 Å². The number of fused-ring (bicyclic) bond motifs is 1. The molecule has 4 aromatic rings. The van der Waals surface area contributed by atoms with Crippen LogP contribution in [0, 0.1) is 5.41 Å². The van der Waals surface area contributed by atoms with Crippen molar-refractivity contribution >= 4 is 32.3 Å². The van der Waals surface area contributed by atoms with Gasteiger partial charge in [-0.1, -0.05) is 55.5 Å². The number of aromatic nitrogens is 2. The van der Waals surface area contributed by atoms with Crippen LogP contribution < -0.4 is 4.72 Å². The Kier molecular flexibility index (Phi) is 5.18. The molecule has 33 heavy (non-hydrogen) atoms. The summed E-state index contributed by atoms with van der Waals surface area (Å²) < 4.78 is 34.1. The van der Waals surface area contributed by atoms with Gasteiger partial charge in [0.25, 0.3) is 10.0 Å². The Morgan fingerprint density at radius 3 is 2.45 bits per heavy atom. The summed E-state index contributed by atoms with van der Waals surface area (Å²) in [6.45, 7) is 4.02. The Morgan fingerprint density at radius 1 is 1.00 bits per heavy atom. The van der Waals surface area contributed by atoms with Gasteiger partial charge in [-0.25, -0.2) is 18.4 Å². The van der Waals surface area contributed by atoms with E-state index in [1.807, 2.05) is 44.2 Å². The number of nitrogens with zero attached hydrogens (tertiary/aromatic N) is 2. The second-order valence-corrected chi connectivity index (χ2v) is 11.4. The van der Waals surface area contributed by atoms with Crippen molar-refractivity contribution < 1.29 is 17.6 Å². The van der Waals surface area contributed by atoms with Crippen LogP contribution in [0.3, 0.4) is 0 Å². The molecule has 168 valence electrons. The van der Waals surface area contributed by atoms with Crippen molar-refractivity contribution in [1.29, 1.82) is 0 Å². The Bertz CT molecular complexity index is 1440. The first kappa shape index (κ1) is 21.5. The number of Topliss-reactive ketones (excluding diaryl/α,β-unsaturated/α-hetero) is 1. The molecular weight excluding hydrogens is 458 g/mol. The van der Waals surface area contributed by atoms with Crippen LogP contribution in [0.2, 0.25) is 0 Å². The summed E-state index contributed by atoms with van der Waals surface area (Å²) in [7, 11) is -3.86. The molecule has 7 nitrogen and oxygen atoms in total. The molecule has 5 rings (SSSR count). The Labute approximate surface area is 195 Å². The maximum absolute atomic E-state index is 12.9. The molecule has 9 heteroatoms. The Balaban J connectivity index is 1.35. The number of oxazole rings is 1. The average molecular weight is 480 g/mol. The van der Waals surface area contributed by atoms with Crippen molar-refractivity contribution in [3.8, 4) is 22.8 Å². The maximum Gasteiger partial charge on any atom is 0.263 e. The van der Waals surface area contributed by atoms with Gasteiger partial charge in [0.15, 0.2) is 16.7 Å². The van der Waals surface area contributed by atoms with E-state index in [1.165, 1.54) is 12.1 Å². The fraction of sp³-hybridized carbons (Fsp3) is 0.208. The van der Waals surface area contributed by atoms with E-state index in [2.05, 4.69) is 14.7 Å². The summed E-state index contributed by atoms with van der Waals surface area (Å²) in [5.74, 6) is 1.04.